The van der Waals surface area contributed by atoms with Crippen molar-refractivity contribution < 1.29 is 4.74 Å². The molecular weight excluding hydrogens is 560 g/mol. The second-order valence-electron chi connectivity index (χ2n) is 12.1. The molecule has 7 aromatic carbocycles. The van der Waals surface area contributed by atoms with E-state index in [4.69, 9.17) is 14.7 Å². The summed E-state index contributed by atoms with van der Waals surface area (Å²) in [4.78, 5) is 38.1. The molecule has 7 nitrogen and oxygen atoms in total. The largest absolute Gasteiger partial charge is 0.497 e. The second-order valence-corrected chi connectivity index (χ2v) is 12.1. The molecule has 0 radical (unpaired) electrons. The predicted molar refractivity (Wildman–Crippen MR) is 181 cm³/mol. The molecule has 11 aromatic rings. The van der Waals surface area contributed by atoms with Crippen LogP contribution in [-0.2, 0) is 0 Å². The number of hydrogen-bond donors (Lipinski definition) is 0. The van der Waals surface area contributed by atoms with Gasteiger partial charge in [-0.05, 0) is 93.3 Å². The number of benzene rings is 7. The summed E-state index contributed by atoms with van der Waals surface area (Å²) >= 11 is 0. The smallest absolute Gasteiger partial charge is 0.264 e. The summed E-state index contributed by atoms with van der Waals surface area (Å²) in [6, 6.07) is 28.1. The molecule has 0 aliphatic rings. The monoisotopic (exact) mass is 580 g/mol. The number of imidazole rings is 2. The van der Waals surface area contributed by atoms with E-state index < -0.39 is 0 Å². The van der Waals surface area contributed by atoms with Crippen LogP contribution in [0.1, 0.15) is 5.56 Å². The fraction of sp³-hybridized carbons (Fsp3) is 0.0526. The van der Waals surface area contributed by atoms with Crippen LogP contribution in [0.15, 0.2) is 94.5 Å². The van der Waals surface area contributed by atoms with E-state index in [1.54, 1.807) is 15.9 Å². The maximum atomic E-state index is 14.1. The summed E-state index contributed by atoms with van der Waals surface area (Å²) in [5, 5.41) is 11.3. The molecule has 4 heterocycles. The van der Waals surface area contributed by atoms with Gasteiger partial charge < -0.3 is 4.74 Å². The van der Waals surface area contributed by atoms with Gasteiger partial charge in [0.1, 0.15) is 17.0 Å². The topological polar surface area (TPSA) is 78.0 Å². The zero-order valence-electron chi connectivity index (χ0n) is 24.1. The number of rotatable bonds is 1. The Labute approximate surface area is 252 Å². The number of pyridine rings is 2. The fourth-order valence-electron chi connectivity index (χ4n) is 8.01. The number of fused-ring (bicyclic) bond motifs is 10. The molecule has 0 amide bonds. The fourth-order valence-corrected chi connectivity index (χ4v) is 8.01. The third-order valence-corrected chi connectivity index (χ3v) is 9.92. The van der Waals surface area contributed by atoms with Gasteiger partial charge in [0.15, 0.2) is 0 Å². The normalized spacial score (nSPS) is 12.8. The lowest BCUT2D eigenvalue weighted by Crippen LogP contribution is -2.14. The Morgan fingerprint density at radius 2 is 0.933 bits per heavy atom. The van der Waals surface area contributed by atoms with Crippen LogP contribution < -0.4 is 15.9 Å². The Morgan fingerprint density at radius 3 is 1.44 bits per heavy atom. The Morgan fingerprint density at radius 1 is 0.511 bits per heavy atom. The highest BCUT2D eigenvalue weighted by Crippen LogP contribution is 2.45. The lowest BCUT2D eigenvalue weighted by atomic mass is 9.86. The Hall–Kier alpha value is -6.08. The van der Waals surface area contributed by atoms with Crippen LogP contribution in [0, 0.1) is 6.92 Å². The van der Waals surface area contributed by atoms with Crippen LogP contribution >= 0.6 is 0 Å². The molecule has 11 rings (SSSR count). The third kappa shape index (κ3) is 2.57. The van der Waals surface area contributed by atoms with Crippen molar-refractivity contribution in [2.75, 3.05) is 7.11 Å². The summed E-state index contributed by atoms with van der Waals surface area (Å²) in [6.45, 7) is 2.04. The van der Waals surface area contributed by atoms with Gasteiger partial charge in [-0.25, -0.2) is 9.97 Å². The van der Waals surface area contributed by atoms with Crippen LogP contribution in [0.4, 0.5) is 0 Å². The zero-order chi connectivity index (χ0) is 29.9. The Bertz CT molecular complexity index is 3230. The van der Waals surface area contributed by atoms with Crippen molar-refractivity contribution in [2.24, 2.45) is 0 Å². The Balaban J connectivity index is 1.35. The van der Waals surface area contributed by atoms with Crippen LogP contribution in [0.2, 0.25) is 0 Å². The van der Waals surface area contributed by atoms with E-state index in [-0.39, 0.29) is 11.1 Å². The van der Waals surface area contributed by atoms with Crippen LogP contribution in [0.3, 0.4) is 0 Å². The molecule has 0 aliphatic heterocycles. The summed E-state index contributed by atoms with van der Waals surface area (Å²) in [7, 11) is 1.63. The van der Waals surface area contributed by atoms with E-state index in [0.717, 1.165) is 76.0 Å². The summed E-state index contributed by atoms with van der Waals surface area (Å²) in [6.07, 6.45) is 0. The first-order chi connectivity index (χ1) is 22.0. The Kier molecular flexibility index (Phi) is 3.91. The number of hydrogen-bond acceptors (Lipinski definition) is 5. The van der Waals surface area contributed by atoms with Crippen LogP contribution in [0.5, 0.6) is 5.75 Å². The minimum absolute atomic E-state index is 0.0651. The number of methoxy groups -OCH3 is 1. The highest BCUT2D eigenvalue weighted by molar-refractivity contribution is 6.40. The lowest BCUT2D eigenvalue weighted by molar-refractivity contribution is 0.415. The number of ether oxygens (including phenoxy) is 1. The highest BCUT2D eigenvalue weighted by atomic mass is 16.5. The van der Waals surface area contributed by atoms with Gasteiger partial charge in [0.25, 0.3) is 11.1 Å². The van der Waals surface area contributed by atoms with E-state index in [0.29, 0.717) is 33.3 Å². The number of aromatic nitrogens is 4. The van der Waals surface area contributed by atoms with Crippen molar-refractivity contribution in [1.29, 1.82) is 0 Å². The second kappa shape index (κ2) is 7.52. The molecule has 4 aromatic heterocycles. The number of aryl methyl sites for hydroxylation is 1. The standard InChI is InChI=1S/C38H20N4O3/c1-17-3-13-29-27(15-17)39-35-23-9-5-19-22-8-12-26-34-24(36-40-28-16-18(45-2)4-14-30(28)42(36)38(26)44)10-6-20(32(22)34)21-7-11-25(33(23)31(19)21)37(43)41(29)35/h3-16H,1-2H3. The third-order valence-electron chi connectivity index (χ3n) is 9.92. The van der Waals surface area contributed by atoms with Crippen molar-refractivity contribution in [2.45, 2.75) is 6.92 Å². The SMILES string of the molecule is COc1ccc2c(c1)nc1c3ccc4c5ccc6c(=O)n7c8ccc(C)cc8nc7c7ccc(c8ccc(c(=O)n21)c3c84)c5c67. The van der Waals surface area contributed by atoms with Gasteiger partial charge in [-0.2, -0.15) is 0 Å². The van der Waals surface area contributed by atoms with Crippen molar-refractivity contribution in [3.8, 4) is 5.75 Å². The number of nitrogens with zero attached hydrogens (tertiary/aromatic N) is 4. The first-order valence-corrected chi connectivity index (χ1v) is 14.9. The highest BCUT2D eigenvalue weighted by Gasteiger charge is 2.24. The molecule has 0 fully saturated rings. The van der Waals surface area contributed by atoms with Gasteiger partial charge in [0.2, 0.25) is 0 Å². The zero-order valence-corrected chi connectivity index (χ0v) is 24.1. The van der Waals surface area contributed by atoms with Gasteiger partial charge in [-0.1, -0.05) is 30.3 Å². The lowest BCUT2D eigenvalue weighted by Gasteiger charge is -2.18. The molecule has 45 heavy (non-hydrogen) atoms. The first kappa shape index (κ1) is 23.4. The minimum Gasteiger partial charge on any atom is -0.497 e. The quantitative estimate of drug-likeness (QED) is 0.148. The van der Waals surface area contributed by atoms with Gasteiger partial charge >= 0.3 is 0 Å². The van der Waals surface area contributed by atoms with Crippen molar-refractivity contribution in [1.82, 2.24) is 18.8 Å². The molecule has 0 N–H and O–H groups in total. The molecule has 0 spiro atoms. The molecule has 0 unspecified atom stereocenters. The summed E-state index contributed by atoms with van der Waals surface area (Å²) < 4.78 is 8.90. The molecular formula is C38H20N4O3. The van der Waals surface area contributed by atoms with Crippen molar-refractivity contribution >= 4 is 98.0 Å². The minimum atomic E-state index is -0.0929. The summed E-state index contributed by atoms with van der Waals surface area (Å²) in [5.41, 5.74) is 5.35. The van der Waals surface area contributed by atoms with Gasteiger partial charge in [0, 0.05) is 38.4 Å². The van der Waals surface area contributed by atoms with Gasteiger partial charge in [-0.15, -0.1) is 0 Å². The molecule has 210 valence electrons. The van der Waals surface area contributed by atoms with E-state index in [9.17, 15) is 9.59 Å². The van der Waals surface area contributed by atoms with Gasteiger partial charge in [-0.3, -0.25) is 18.4 Å². The van der Waals surface area contributed by atoms with E-state index >= 15 is 0 Å². The molecule has 0 bridgehead atoms. The maximum Gasteiger partial charge on any atom is 0.264 e. The van der Waals surface area contributed by atoms with Crippen LogP contribution in [0.25, 0.3) is 98.0 Å². The molecule has 0 saturated heterocycles. The van der Waals surface area contributed by atoms with Crippen molar-refractivity contribution in [3.05, 3.63) is 111 Å². The molecule has 0 atom stereocenters. The molecule has 7 heteroatoms. The van der Waals surface area contributed by atoms with Crippen LogP contribution in [-0.4, -0.2) is 25.9 Å². The van der Waals surface area contributed by atoms with Gasteiger partial charge in [0.05, 0.1) is 29.2 Å². The van der Waals surface area contributed by atoms with Crippen molar-refractivity contribution in [3.63, 3.8) is 0 Å². The van der Waals surface area contributed by atoms with E-state index in [1.807, 2.05) is 55.5 Å². The summed E-state index contributed by atoms with van der Waals surface area (Å²) in [5.74, 6) is 0.695. The van der Waals surface area contributed by atoms with E-state index in [2.05, 4.69) is 36.4 Å². The molecule has 0 saturated carbocycles. The molecule has 0 aliphatic carbocycles. The maximum absolute atomic E-state index is 14.1. The van der Waals surface area contributed by atoms with E-state index in [1.165, 1.54) is 0 Å². The average molecular weight is 581 g/mol. The first-order valence-electron chi connectivity index (χ1n) is 14.9. The predicted octanol–water partition coefficient (Wildman–Crippen LogP) is 7.56. The average Bonchev–Trinajstić information content (AvgIpc) is 3.64.